The molecule has 3 nitrogen and oxygen atoms in total. The fourth-order valence-corrected chi connectivity index (χ4v) is 4.53. The molecule has 96 valence electrons. The lowest BCUT2D eigenvalue weighted by atomic mass is 9.96. The molecule has 1 fully saturated rings. The summed E-state index contributed by atoms with van der Waals surface area (Å²) in [5.41, 5.74) is -0.182. The number of halogens is 1. The van der Waals surface area contributed by atoms with Gasteiger partial charge in [0.1, 0.15) is 0 Å². The number of hydrogen-bond acceptors (Lipinski definition) is 2. The Morgan fingerprint density at radius 1 is 1.19 bits per heavy atom. The molecule has 1 rings (SSSR count). The first-order chi connectivity index (χ1) is 7.18. The van der Waals surface area contributed by atoms with Gasteiger partial charge in [-0.2, -0.15) is 0 Å². The van der Waals surface area contributed by atoms with Crippen molar-refractivity contribution in [1.82, 2.24) is 4.72 Å². The topological polar surface area (TPSA) is 46.2 Å². The van der Waals surface area contributed by atoms with Gasteiger partial charge in [-0.05, 0) is 31.1 Å². The van der Waals surface area contributed by atoms with Crippen molar-refractivity contribution in [1.29, 1.82) is 0 Å². The smallest absolute Gasteiger partial charge is 0.212 e. The predicted octanol–water partition coefficient (Wildman–Crippen LogP) is 2.66. The minimum atomic E-state index is -3.12. The monoisotopic (exact) mass is 311 g/mol. The summed E-state index contributed by atoms with van der Waals surface area (Å²) in [6, 6.07) is 0.140. The average Bonchev–Trinajstić information content (AvgIpc) is 2.04. The second-order valence-corrected chi connectivity index (χ2v) is 8.94. The fourth-order valence-electron chi connectivity index (χ4n) is 2.04. The second-order valence-electron chi connectivity index (χ2n) is 5.89. The Bertz CT molecular complexity index is 313. The van der Waals surface area contributed by atoms with E-state index in [-0.39, 0.29) is 17.2 Å². The molecular weight excluding hydrogens is 290 g/mol. The first-order valence-electron chi connectivity index (χ1n) is 5.82. The van der Waals surface area contributed by atoms with Crippen LogP contribution in [0.3, 0.4) is 0 Å². The molecule has 0 heterocycles. The molecule has 1 aliphatic rings. The molecule has 5 heteroatoms. The first kappa shape index (κ1) is 14.5. The molecule has 0 atom stereocenters. The van der Waals surface area contributed by atoms with Crippen molar-refractivity contribution in [3.05, 3.63) is 0 Å². The molecule has 0 unspecified atom stereocenters. The third-order valence-corrected chi connectivity index (χ3v) is 5.48. The van der Waals surface area contributed by atoms with Gasteiger partial charge in [-0.3, -0.25) is 0 Å². The highest BCUT2D eigenvalue weighted by Gasteiger charge is 2.26. The summed E-state index contributed by atoms with van der Waals surface area (Å²) in [6.07, 6.45) is 4.00. The molecule has 1 aliphatic carbocycles. The van der Waals surface area contributed by atoms with Gasteiger partial charge in [0.25, 0.3) is 0 Å². The zero-order chi connectivity index (χ0) is 12.4. The lowest BCUT2D eigenvalue weighted by molar-refractivity contribution is 0.412. The summed E-state index contributed by atoms with van der Waals surface area (Å²) in [6.45, 7) is 5.84. The standard InChI is InChI=1S/C11H22BrNO2S/c1-11(2,3)8-16(14,15)13-10-6-4-9(12)5-7-10/h9-10,13H,4-8H2,1-3H3. The number of sulfonamides is 1. The summed E-state index contributed by atoms with van der Waals surface area (Å²) >= 11 is 3.57. The molecule has 0 aromatic rings. The van der Waals surface area contributed by atoms with Crippen LogP contribution in [0.15, 0.2) is 0 Å². The molecule has 0 aliphatic heterocycles. The Morgan fingerprint density at radius 2 is 1.69 bits per heavy atom. The summed E-state index contributed by atoms with van der Waals surface area (Å²) in [5.74, 6) is 0.203. The molecule has 0 radical (unpaired) electrons. The Labute approximate surface area is 108 Å². The van der Waals surface area contributed by atoms with Crippen molar-refractivity contribution in [2.45, 2.75) is 57.3 Å². The van der Waals surface area contributed by atoms with E-state index in [1.165, 1.54) is 0 Å². The van der Waals surface area contributed by atoms with Gasteiger partial charge in [-0.25, -0.2) is 13.1 Å². The summed E-state index contributed by atoms with van der Waals surface area (Å²) < 4.78 is 26.6. The van der Waals surface area contributed by atoms with Crippen LogP contribution < -0.4 is 4.72 Å². The third kappa shape index (κ3) is 5.64. The van der Waals surface area contributed by atoms with Crippen molar-refractivity contribution < 1.29 is 8.42 Å². The van der Waals surface area contributed by atoms with Crippen LogP contribution in [0.2, 0.25) is 0 Å². The quantitative estimate of drug-likeness (QED) is 0.814. The molecule has 16 heavy (non-hydrogen) atoms. The zero-order valence-corrected chi connectivity index (χ0v) is 12.7. The average molecular weight is 312 g/mol. The molecule has 1 saturated carbocycles. The molecule has 0 spiro atoms. The van der Waals surface area contributed by atoms with Crippen LogP contribution in [-0.2, 0) is 10.0 Å². The van der Waals surface area contributed by atoms with Gasteiger partial charge in [0, 0.05) is 10.9 Å². The Balaban J connectivity index is 2.47. The fraction of sp³-hybridized carbons (Fsp3) is 1.00. The molecule has 0 amide bonds. The van der Waals surface area contributed by atoms with Gasteiger partial charge in [-0.1, -0.05) is 36.7 Å². The first-order valence-corrected chi connectivity index (χ1v) is 8.39. The highest BCUT2D eigenvalue weighted by molar-refractivity contribution is 9.09. The van der Waals surface area contributed by atoms with E-state index in [0.717, 1.165) is 25.7 Å². The Kier molecular flexibility index (Phi) is 4.84. The van der Waals surface area contributed by atoms with E-state index in [1.807, 2.05) is 20.8 Å². The van der Waals surface area contributed by atoms with Crippen molar-refractivity contribution in [3.8, 4) is 0 Å². The van der Waals surface area contributed by atoms with E-state index in [1.54, 1.807) is 0 Å². The van der Waals surface area contributed by atoms with Crippen molar-refractivity contribution in [2.24, 2.45) is 5.41 Å². The zero-order valence-electron chi connectivity index (χ0n) is 10.3. The van der Waals surface area contributed by atoms with Gasteiger partial charge >= 0.3 is 0 Å². The van der Waals surface area contributed by atoms with Crippen LogP contribution in [0.4, 0.5) is 0 Å². The number of hydrogen-bond donors (Lipinski definition) is 1. The molecular formula is C11H22BrNO2S. The van der Waals surface area contributed by atoms with Gasteiger partial charge in [0.15, 0.2) is 0 Å². The maximum atomic E-state index is 11.9. The van der Waals surface area contributed by atoms with Crippen LogP contribution in [0.25, 0.3) is 0 Å². The van der Waals surface area contributed by atoms with Crippen molar-refractivity contribution in [3.63, 3.8) is 0 Å². The predicted molar refractivity (Wildman–Crippen MR) is 71.3 cm³/mol. The Morgan fingerprint density at radius 3 is 2.12 bits per heavy atom. The van der Waals surface area contributed by atoms with Crippen LogP contribution in [-0.4, -0.2) is 25.0 Å². The summed E-state index contributed by atoms with van der Waals surface area (Å²) in [4.78, 5) is 0.566. The lowest BCUT2D eigenvalue weighted by Crippen LogP contribution is -2.41. The van der Waals surface area contributed by atoms with Crippen molar-refractivity contribution in [2.75, 3.05) is 5.75 Å². The van der Waals surface area contributed by atoms with Crippen LogP contribution >= 0.6 is 15.9 Å². The third-order valence-electron chi connectivity index (χ3n) is 2.63. The van der Waals surface area contributed by atoms with E-state index in [0.29, 0.717) is 4.83 Å². The molecule has 0 saturated heterocycles. The maximum absolute atomic E-state index is 11.9. The van der Waals surface area contributed by atoms with Crippen LogP contribution in [0.5, 0.6) is 0 Å². The second kappa shape index (κ2) is 5.36. The maximum Gasteiger partial charge on any atom is 0.212 e. The van der Waals surface area contributed by atoms with Gasteiger partial charge < -0.3 is 0 Å². The normalized spacial score (nSPS) is 28.0. The van der Waals surface area contributed by atoms with E-state index in [9.17, 15) is 8.42 Å². The number of nitrogens with one attached hydrogen (secondary N) is 1. The Hall–Kier alpha value is 0.390. The lowest BCUT2D eigenvalue weighted by Gasteiger charge is -2.27. The van der Waals surface area contributed by atoms with Gasteiger partial charge in [0.2, 0.25) is 10.0 Å². The van der Waals surface area contributed by atoms with E-state index < -0.39 is 10.0 Å². The van der Waals surface area contributed by atoms with Gasteiger partial charge in [-0.15, -0.1) is 0 Å². The van der Waals surface area contributed by atoms with E-state index in [2.05, 4.69) is 20.7 Å². The molecule has 0 aromatic heterocycles. The summed E-state index contributed by atoms with van der Waals surface area (Å²) in [5, 5.41) is 0. The number of rotatable bonds is 3. The molecule has 0 bridgehead atoms. The minimum absolute atomic E-state index is 0.140. The minimum Gasteiger partial charge on any atom is -0.212 e. The molecule has 1 N–H and O–H groups in total. The SMILES string of the molecule is CC(C)(C)CS(=O)(=O)NC1CCC(Br)CC1. The highest BCUT2D eigenvalue weighted by Crippen LogP contribution is 2.25. The van der Waals surface area contributed by atoms with Crippen LogP contribution in [0, 0.1) is 5.41 Å². The van der Waals surface area contributed by atoms with E-state index >= 15 is 0 Å². The van der Waals surface area contributed by atoms with E-state index in [4.69, 9.17) is 0 Å². The number of alkyl halides is 1. The molecule has 0 aromatic carbocycles. The summed E-state index contributed by atoms with van der Waals surface area (Å²) in [7, 11) is -3.12. The van der Waals surface area contributed by atoms with Crippen molar-refractivity contribution >= 4 is 26.0 Å². The highest BCUT2D eigenvalue weighted by atomic mass is 79.9. The van der Waals surface area contributed by atoms with Gasteiger partial charge in [0.05, 0.1) is 5.75 Å². The largest absolute Gasteiger partial charge is 0.212 e. The van der Waals surface area contributed by atoms with Crippen LogP contribution in [0.1, 0.15) is 46.5 Å².